The van der Waals surface area contributed by atoms with Crippen molar-refractivity contribution in [1.82, 2.24) is 5.32 Å². The van der Waals surface area contributed by atoms with Gasteiger partial charge in [0.2, 0.25) is 0 Å². The maximum atomic E-state index is 12.1. The molecule has 0 aliphatic heterocycles. The summed E-state index contributed by atoms with van der Waals surface area (Å²) in [5, 5.41) is 4.11. The van der Waals surface area contributed by atoms with Crippen LogP contribution >= 0.6 is 23.2 Å². The highest BCUT2D eigenvalue weighted by atomic mass is 35.5. The van der Waals surface area contributed by atoms with Gasteiger partial charge in [-0.05, 0) is 38.1 Å². The van der Waals surface area contributed by atoms with Crippen LogP contribution in [0.2, 0.25) is 10.0 Å². The fourth-order valence-electron chi connectivity index (χ4n) is 1.69. The van der Waals surface area contributed by atoms with Gasteiger partial charge in [-0.2, -0.15) is 0 Å². The van der Waals surface area contributed by atoms with E-state index in [9.17, 15) is 4.79 Å². The molecule has 0 spiro atoms. The number of hydrogen-bond acceptors (Lipinski definition) is 2. The zero-order chi connectivity index (χ0) is 13.5. The first kappa shape index (κ1) is 15.5. The summed E-state index contributed by atoms with van der Waals surface area (Å²) >= 11 is 11.7. The second-order valence-corrected chi connectivity index (χ2v) is 5.19. The maximum absolute atomic E-state index is 12.1. The van der Waals surface area contributed by atoms with Gasteiger partial charge >= 0.3 is 0 Å². The highest BCUT2D eigenvalue weighted by Crippen LogP contribution is 2.23. The van der Waals surface area contributed by atoms with E-state index in [2.05, 4.69) is 12.2 Å². The van der Waals surface area contributed by atoms with Gasteiger partial charge in [0.25, 0.3) is 0 Å². The first-order valence-electron chi connectivity index (χ1n) is 6.29. The van der Waals surface area contributed by atoms with Gasteiger partial charge in [-0.25, -0.2) is 0 Å². The molecule has 0 fully saturated rings. The Hall–Kier alpha value is -0.570. The summed E-state index contributed by atoms with van der Waals surface area (Å²) in [6.45, 7) is 4.89. The van der Waals surface area contributed by atoms with E-state index in [1.54, 1.807) is 18.2 Å². The number of carbonyl (C=O) groups is 1. The van der Waals surface area contributed by atoms with Gasteiger partial charge in [0.15, 0.2) is 5.78 Å². The molecule has 4 heteroatoms. The number of rotatable bonds is 7. The van der Waals surface area contributed by atoms with Crippen molar-refractivity contribution in [3.05, 3.63) is 33.8 Å². The van der Waals surface area contributed by atoms with Crippen LogP contribution in [0.5, 0.6) is 0 Å². The van der Waals surface area contributed by atoms with Crippen molar-refractivity contribution in [2.75, 3.05) is 6.54 Å². The van der Waals surface area contributed by atoms with E-state index in [0.29, 0.717) is 15.6 Å². The molecule has 1 N–H and O–H groups in total. The molecule has 0 aromatic heterocycles. The topological polar surface area (TPSA) is 29.1 Å². The number of Topliss-reactive ketones (excluding diaryl/α,β-unsaturated/α-hetero) is 1. The Morgan fingerprint density at radius 2 is 2.00 bits per heavy atom. The highest BCUT2D eigenvalue weighted by molar-refractivity contribution is 6.42. The minimum Gasteiger partial charge on any atom is -0.307 e. The molecule has 0 heterocycles. The van der Waals surface area contributed by atoms with Gasteiger partial charge in [0.05, 0.1) is 16.1 Å². The molecule has 1 aromatic rings. The minimum absolute atomic E-state index is 0.0464. The Morgan fingerprint density at radius 3 is 2.61 bits per heavy atom. The van der Waals surface area contributed by atoms with Crippen molar-refractivity contribution in [2.45, 2.75) is 39.2 Å². The standard InChI is InChI=1S/C14H19Cl2NO/c1-3-4-5-8-17-10(2)14(18)11-6-7-12(15)13(16)9-11/h6-7,9-10,17H,3-5,8H2,1-2H3. The molecule has 100 valence electrons. The molecule has 1 atom stereocenters. The van der Waals surface area contributed by atoms with Crippen molar-refractivity contribution in [2.24, 2.45) is 0 Å². The molecule has 0 amide bonds. The summed E-state index contributed by atoms with van der Waals surface area (Å²) in [5.74, 6) is 0.0464. The van der Waals surface area contributed by atoms with Gasteiger partial charge in [-0.3, -0.25) is 4.79 Å². The fourth-order valence-corrected chi connectivity index (χ4v) is 1.98. The Balaban J connectivity index is 2.54. The molecule has 1 unspecified atom stereocenters. The Bertz CT molecular complexity index is 407. The van der Waals surface area contributed by atoms with Crippen LogP contribution in [0.3, 0.4) is 0 Å². The lowest BCUT2D eigenvalue weighted by molar-refractivity contribution is 0.0951. The van der Waals surface area contributed by atoms with Crippen LogP contribution in [0.4, 0.5) is 0 Å². The van der Waals surface area contributed by atoms with Crippen molar-refractivity contribution < 1.29 is 4.79 Å². The third kappa shape index (κ3) is 4.60. The fraction of sp³-hybridized carbons (Fsp3) is 0.500. The van der Waals surface area contributed by atoms with Crippen LogP contribution < -0.4 is 5.32 Å². The van der Waals surface area contributed by atoms with Crippen molar-refractivity contribution >= 4 is 29.0 Å². The van der Waals surface area contributed by atoms with Crippen LogP contribution in [0.1, 0.15) is 43.5 Å². The summed E-state index contributed by atoms with van der Waals surface area (Å²) < 4.78 is 0. The van der Waals surface area contributed by atoms with Crippen molar-refractivity contribution in [1.29, 1.82) is 0 Å². The summed E-state index contributed by atoms with van der Waals surface area (Å²) in [6, 6.07) is 4.79. The Morgan fingerprint density at radius 1 is 1.28 bits per heavy atom. The first-order chi connectivity index (χ1) is 8.56. The largest absolute Gasteiger partial charge is 0.307 e. The molecule has 0 bridgehead atoms. The van der Waals surface area contributed by atoms with Crippen LogP contribution in [-0.2, 0) is 0 Å². The second-order valence-electron chi connectivity index (χ2n) is 4.38. The average Bonchev–Trinajstić information content (AvgIpc) is 2.37. The number of nitrogens with one attached hydrogen (secondary N) is 1. The molecule has 0 radical (unpaired) electrons. The molecule has 0 saturated heterocycles. The number of carbonyl (C=O) groups excluding carboxylic acids is 1. The zero-order valence-electron chi connectivity index (χ0n) is 10.8. The van der Waals surface area contributed by atoms with Crippen molar-refractivity contribution in [3.63, 3.8) is 0 Å². The van der Waals surface area contributed by atoms with Gasteiger partial charge in [0, 0.05) is 5.56 Å². The summed E-state index contributed by atoms with van der Waals surface area (Å²) in [5.41, 5.74) is 0.597. The smallest absolute Gasteiger partial charge is 0.179 e. The third-order valence-corrected chi connectivity index (χ3v) is 3.57. The van der Waals surface area contributed by atoms with E-state index in [0.717, 1.165) is 13.0 Å². The maximum Gasteiger partial charge on any atom is 0.179 e. The van der Waals surface area contributed by atoms with E-state index < -0.39 is 0 Å². The molecule has 18 heavy (non-hydrogen) atoms. The number of ketones is 1. The molecule has 0 saturated carbocycles. The number of hydrogen-bond donors (Lipinski definition) is 1. The molecular formula is C14H19Cl2NO. The van der Waals surface area contributed by atoms with E-state index in [1.165, 1.54) is 12.8 Å². The van der Waals surface area contributed by atoms with E-state index in [-0.39, 0.29) is 11.8 Å². The number of benzene rings is 1. The summed E-state index contributed by atoms with van der Waals surface area (Å²) in [6.07, 6.45) is 3.45. The third-order valence-electron chi connectivity index (χ3n) is 2.83. The molecule has 2 nitrogen and oxygen atoms in total. The van der Waals surface area contributed by atoms with Gasteiger partial charge < -0.3 is 5.32 Å². The average molecular weight is 288 g/mol. The predicted molar refractivity (Wildman–Crippen MR) is 77.8 cm³/mol. The SMILES string of the molecule is CCCCCNC(C)C(=O)c1ccc(Cl)c(Cl)c1. The lowest BCUT2D eigenvalue weighted by Gasteiger charge is -2.13. The van der Waals surface area contributed by atoms with E-state index in [1.807, 2.05) is 6.92 Å². The molecule has 0 aliphatic carbocycles. The van der Waals surface area contributed by atoms with E-state index in [4.69, 9.17) is 23.2 Å². The number of unbranched alkanes of at least 4 members (excludes halogenated alkanes) is 2. The van der Waals surface area contributed by atoms with E-state index >= 15 is 0 Å². The van der Waals surface area contributed by atoms with Crippen LogP contribution in [-0.4, -0.2) is 18.4 Å². The molecular weight excluding hydrogens is 269 g/mol. The predicted octanol–water partition coefficient (Wildman–Crippen LogP) is 4.34. The van der Waals surface area contributed by atoms with Gasteiger partial charge in [-0.15, -0.1) is 0 Å². The normalized spacial score (nSPS) is 12.4. The minimum atomic E-state index is -0.195. The summed E-state index contributed by atoms with van der Waals surface area (Å²) in [4.78, 5) is 12.1. The zero-order valence-corrected chi connectivity index (χ0v) is 12.3. The molecule has 1 rings (SSSR count). The van der Waals surface area contributed by atoms with Gasteiger partial charge in [0.1, 0.15) is 0 Å². The second kappa shape index (κ2) is 7.78. The highest BCUT2D eigenvalue weighted by Gasteiger charge is 2.15. The van der Waals surface area contributed by atoms with Crippen molar-refractivity contribution in [3.8, 4) is 0 Å². The summed E-state index contributed by atoms with van der Waals surface area (Å²) in [7, 11) is 0. The van der Waals surface area contributed by atoms with Crippen LogP contribution in [0.25, 0.3) is 0 Å². The van der Waals surface area contributed by atoms with Crippen LogP contribution in [0.15, 0.2) is 18.2 Å². The van der Waals surface area contributed by atoms with Gasteiger partial charge in [-0.1, -0.05) is 43.0 Å². The first-order valence-corrected chi connectivity index (χ1v) is 7.04. The monoisotopic (exact) mass is 287 g/mol. The number of halogens is 2. The Labute approximate surface area is 119 Å². The lowest BCUT2D eigenvalue weighted by atomic mass is 10.1. The quantitative estimate of drug-likeness (QED) is 0.597. The molecule has 1 aromatic carbocycles. The Kier molecular flexibility index (Phi) is 6.69. The lowest BCUT2D eigenvalue weighted by Crippen LogP contribution is -2.34. The van der Waals surface area contributed by atoms with Crippen LogP contribution in [0, 0.1) is 0 Å². The molecule has 0 aliphatic rings.